The standard InChI is InChI=1S/C19H17ClF3NO4/c1-11(17(26-2)10-18(24)25)27-13-4-6-14(7-5-13)28-16-8-3-12(9-15(16)20)19(21,22)23/h3-11H,1-2H3,(H2,24,25)/b17-10-. The van der Waals surface area contributed by atoms with Crippen molar-refractivity contribution in [1.82, 2.24) is 0 Å². The summed E-state index contributed by atoms with van der Waals surface area (Å²) in [4.78, 5) is 11.0. The van der Waals surface area contributed by atoms with Gasteiger partial charge in [0.1, 0.15) is 23.0 Å². The van der Waals surface area contributed by atoms with Gasteiger partial charge in [-0.15, -0.1) is 0 Å². The zero-order chi connectivity index (χ0) is 20.9. The largest absolute Gasteiger partial charge is 0.497 e. The molecule has 0 saturated carbocycles. The number of benzene rings is 2. The highest BCUT2D eigenvalue weighted by atomic mass is 35.5. The van der Waals surface area contributed by atoms with Gasteiger partial charge in [0.25, 0.3) is 0 Å². The van der Waals surface area contributed by atoms with Crippen LogP contribution in [0.2, 0.25) is 5.02 Å². The summed E-state index contributed by atoms with van der Waals surface area (Å²) in [6.45, 7) is 1.67. The number of ether oxygens (including phenoxy) is 3. The third-order valence-corrected chi connectivity index (χ3v) is 3.84. The van der Waals surface area contributed by atoms with Crippen molar-refractivity contribution in [1.29, 1.82) is 0 Å². The van der Waals surface area contributed by atoms with E-state index in [2.05, 4.69) is 0 Å². The van der Waals surface area contributed by atoms with E-state index >= 15 is 0 Å². The van der Waals surface area contributed by atoms with Crippen molar-refractivity contribution in [2.75, 3.05) is 7.11 Å². The summed E-state index contributed by atoms with van der Waals surface area (Å²) in [7, 11) is 1.39. The van der Waals surface area contributed by atoms with Gasteiger partial charge in [0.15, 0.2) is 6.10 Å². The Balaban J connectivity index is 2.08. The fourth-order valence-electron chi connectivity index (χ4n) is 2.22. The zero-order valence-electron chi connectivity index (χ0n) is 14.9. The molecule has 2 aromatic carbocycles. The first-order chi connectivity index (χ1) is 13.1. The Morgan fingerprint density at radius 2 is 1.75 bits per heavy atom. The summed E-state index contributed by atoms with van der Waals surface area (Å²) in [5.74, 6) is 0.476. The van der Waals surface area contributed by atoms with Gasteiger partial charge in [-0.1, -0.05) is 11.6 Å². The Hall–Kier alpha value is -2.87. The average Bonchev–Trinajstić information content (AvgIpc) is 2.61. The van der Waals surface area contributed by atoms with E-state index in [1.807, 2.05) is 0 Å². The van der Waals surface area contributed by atoms with E-state index in [-0.39, 0.29) is 16.5 Å². The number of amides is 1. The minimum absolute atomic E-state index is 0.0859. The van der Waals surface area contributed by atoms with Crippen LogP contribution in [0.5, 0.6) is 17.2 Å². The fraction of sp³-hybridized carbons (Fsp3) is 0.211. The van der Waals surface area contributed by atoms with Gasteiger partial charge in [-0.25, -0.2) is 0 Å². The van der Waals surface area contributed by atoms with Gasteiger partial charge in [0.2, 0.25) is 5.91 Å². The lowest BCUT2D eigenvalue weighted by atomic mass is 10.2. The molecule has 0 aliphatic carbocycles. The van der Waals surface area contributed by atoms with E-state index in [4.69, 9.17) is 31.5 Å². The maximum absolute atomic E-state index is 12.7. The summed E-state index contributed by atoms with van der Waals surface area (Å²) >= 11 is 5.87. The Morgan fingerprint density at radius 1 is 1.14 bits per heavy atom. The van der Waals surface area contributed by atoms with Crippen LogP contribution in [0, 0.1) is 0 Å². The second-order valence-electron chi connectivity index (χ2n) is 5.63. The first-order valence-corrected chi connectivity index (χ1v) is 8.34. The predicted octanol–water partition coefficient (Wildman–Crippen LogP) is 4.93. The molecule has 1 unspecified atom stereocenters. The molecule has 2 aromatic rings. The van der Waals surface area contributed by atoms with Crippen LogP contribution >= 0.6 is 11.6 Å². The van der Waals surface area contributed by atoms with E-state index in [0.29, 0.717) is 11.5 Å². The van der Waals surface area contributed by atoms with Gasteiger partial charge in [0, 0.05) is 6.08 Å². The summed E-state index contributed by atoms with van der Waals surface area (Å²) in [6, 6.07) is 9.12. The third kappa shape index (κ3) is 5.82. The number of hydrogen-bond acceptors (Lipinski definition) is 4. The van der Waals surface area contributed by atoms with Crippen LogP contribution in [0.3, 0.4) is 0 Å². The number of carbonyl (C=O) groups excluding carboxylic acids is 1. The minimum Gasteiger partial charge on any atom is -0.497 e. The number of primary amides is 1. The summed E-state index contributed by atoms with van der Waals surface area (Å²) < 4.78 is 54.2. The number of methoxy groups -OCH3 is 1. The number of halogens is 4. The molecule has 0 heterocycles. The predicted molar refractivity (Wildman–Crippen MR) is 97.3 cm³/mol. The Bertz CT molecular complexity index is 866. The van der Waals surface area contributed by atoms with Crippen molar-refractivity contribution in [2.45, 2.75) is 19.2 Å². The van der Waals surface area contributed by atoms with Crippen LogP contribution in [0.4, 0.5) is 13.2 Å². The van der Waals surface area contributed by atoms with Crippen molar-refractivity contribution in [3.05, 3.63) is 64.9 Å². The number of hydrogen-bond donors (Lipinski definition) is 1. The molecular weight excluding hydrogens is 399 g/mol. The van der Waals surface area contributed by atoms with Gasteiger partial charge in [0.05, 0.1) is 17.7 Å². The van der Waals surface area contributed by atoms with Crippen LogP contribution < -0.4 is 15.2 Å². The Labute approximate surface area is 164 Å². The second kappa shape index (κ2) is 8.88. The van der Waals surface area contributed by atoms with E-state index in [1.54, 1.807) is 31.2 Å². The lowest BCUT2D eigenvalue weighted by molar-refractivity contribution is -0.137. The van der Waals surface area contributed by atoms with Crippen LogP contribution in [0.1, 0.15) is 12.5 Å². The van der Waals surface area contributed by atoms with Crippen molar-refractivity contribution in [3.8, 4) is 17.2 Å². The SMILES string of the molecule is CO/C(=C\C(N)=O)C(C)Oc1ccc(Oc2ccc(C(F)(F)F)cc2Cl)cc1. The summed E-state index contributed by atoms with van der Waals surface area (Å²) in [5, 5.41) is -0.162. The van der Waals surface area contributed by atoms with Crippen LogP contribution in [0.25, 0.3) is 0 Å². The molecule has 0 aliphatic rings. The summed E-state index contributed by atoms with van der Waals surface area (Å²) in [5.41, 5.74) is 4.24. The Morgan fingerprint density at radius 3 is 2.25 bits per heavy atom. The molecule has 5 nitrogen and oxygen atoms in total. The van der Waals surface area contributed by atoms with Gasteiger partial charge in [-0.2, -0.15) is 13.2 Å². The minimum atomic E-state index is -4.48. The van der Waals surface area contributed by atoms with E-state index in [9.17, 15) is 18.0 Å². The first-order valence-electron chi connectivity index (χ1n) is 7.96. The maximum atomic E-state index is 12.7. The highest BCUT2D eigenvalue weighted by molar-refractivity contribution is 6.32. The zero-order valence-corrected chi connectivity index (χ0v) is 15.7. The topological polar surface area (TPSA) is 70.8 Å². The molecule has 0 fully saturated rings. The lowest BCUT2D eigenvalue weighted by Crippen LogP contribution is -2.19. The molecule has 2 N–H and O–H groups in total. The molecule has 150 valence electrons. The van der Waals surface area contributed by atoms with Crippen molar-refractivity contribution < 1.29 is 32.2 Å². The molecule has 28 heavy (non-hydrogen) atoms. The van der Waals surface area contributed by atoms with E-state index in [0.717, 1.165) is 24.3 Å². The molecule has 0 saturated heterocycles. The monoisotopic (exact) mass is 415 g/mol. The van der Waals surface area contributed by atoms with Crippen LogP contribution in [-0.2, 0) is 15.7 Å². The third-order valence-electron chi connectivity index (χ3n) is 3.54. The highest BCUT2D eigenvalue weighted by Crippen LogP contribution is 2.36. The average molecular weight is 416 g/mol. The molecule has 1 atom stereocenters. The highest BCUT2D eigenvalue weighted by Gasteiger charge is 2.31. The van der Waals surface area contributed by atoms with Crippen LogP contribution in [0.15, 0.2) is 54.3 Å². The van der Waals surface area contributed by atoms with Crippen molar-refractivity contribution in [3.63, 3.8) is 0 Å². The maximum Gasteiger partial charge on any atom is 0.416 e. The molecule has 1 amide bonds. The van der Waals surface area contributed by atoms with Crippen molar-refractivity contribution in [2.24, 2.45) is 5.73 Å². The molecule has 2 rings (SSSR count). The Kier molecular flexibility index (Phi) is 6.80. The molecule has 0 radical (unpaired) electrons. The quantitative estimate of drug-likeness (QED) is 0.514. The van der Waals surface area contributed by atoms with E-state index in [1.165, 1.54) is 7.11 Å². The molecule has 0 spiro atoms. The number of alkyl halides is 3. The number of carbonyl (C=O) groups is 1. The molecule has 0 aromatic heterocycles. The molecule has 9 heteroatoms. The molecular formula is C19H17ClF3NO4. The summed E-state index contributed by atoms with van der Waals surface area (Å²) in [6.07, 6.45) is -3.94. The first kappa shape index (κ1) is 21.4. The van der Waals surface area contributed by atoms with E-state index < -0.39 is 23.8 Å². The number of rotatable bonds is 7. The second-order valence-corrected chi connectivity index (χ2v) is 6.04. The molecule has 0 bridgehead atoms. The normalized spacial score (nSPS) is 13.0. The van der Waals surface area contributed by atoms with Crippen LogP contribution in [-0.4, -0.2) is 19.1 Å². The van der Waals surface area contributed by atoms with Gasteiger partial charge in [-0.3, -0.25) is 4.79 Å². The number of nitrogens with two attached hydrogens (primary N) is 1. The van der Waals surface area contributed by atoms with Gasteiger partial charge in [-0.05, 0) is 49.4 Å². The van der Waals surface area contributed by atoms with Crippen molar-refractivity contribution >= 4 is 17.5 Å². The smallest absolute Gasteiger partial charge is 0.416 e. The lowest BCUT2D eigenvalue weighted by Gasteiger charge is -2.17. The van der Waals surface area contributed by atoms with Gasteiger partial charge < -0.3 is 19.9 Å². The molecule has 0 aliphatic heterocycles. The fourth-order valence-corrected chi connectivity index (χ4v) is 2.44. The van der Waals surface area contributed by atoms with Gasteiger partial charge >= 0.3 is 6.18 Å².